The molecule has 0 fully saturated rings. The molecule has 1 unspecified atom stereocenters. The normalized spacial score (nSPS) is 11.4. The Kier molecular flexibility index (Phi) is 8.48. The van der Waals surface area contributed by atoms with Gasteiger partial charge in [0.25, 0.3) is 11.8 Å². The van der Waals surface area contributed by atoms with E-state index < -0.39 is 0 Å². The van der Waals surface area contributed by atoms with Crippen LogP contribution in [0.2, 0.25) is 0 Å². The molecule has 2 aromatic carbocycles. The molecule has 0 aliphatic rings. The minimum absolute atomic E-state index is 0.00471. The first-order valence-corrected chi connectivity index (χ1v) is 9.59. The summed E-state index contributed by atoms with van der Waals surface area (Å²) in [5, 5.41) is 2.86. The van der Waals surface area contributed by atoms with E-state index in [0.717, 1.165) is 22.0 Å². The van der Waals surface area contributed by atoms with Crippen molar-refractivity contribution in [3.05, 3.63) is 54.1 Å². The minimum Gasteiger partial charge on any atom is -0.497 e. The van der Waals surface area contributed by atoms with Gasteiger partial charge in [0.05, 0.1) is 20.8 Å². The Hall–Kier alpha value is -3.06. The van der Waals surface area contributed by atoms with E-state index in [-0.39, 0.29) is 24.9 Å². The molecule has 0 radical (unpaired) electrons. The fourth-order valence-electron chi connectivity index (χ4n) is 2.86. The standard InChI is InChI=1S/C22H29N3O4/c1-5-25(15-21(26)23-18-8-12-20(29-4)13-9-18)16-22(27)24(2)14-17-6-10-19(28-3)11-7-17/h6-13H,5,14-16H2,1-4H3,(H,23,26)/p+1. The third kappa shape index (κ3) is 7.12. The summed E-state index contributed by atoms with van der Waals surface area (Å²) < 4.78 is 10.3. The summed E-state index contributed by atoms with van der Waals surface area (Å²) in [6.07, 6.45) is 0. The Balaban J connectivity index is 1.84. The van der Waals surface area contributed by atoms with E-state index in [4.69, 9.17) is 9.47 Å². The maximum Gasteiger partial charge on any atom is 0.279 e. The highest BCUT2D eigenvalue weighted by atomic mass is 16.5. The number of anilines is 1. The maximum absolute atomic E-state index is 12.6. The Morgan fingerprint density at radius 1 is 0.931 bits per heavy atom. The number of nitrogens with one attached hydrogen (secondary N) is 2. The number of hydrogen-bond acceptors (Lipinski definition) is 4. The fourth-order valence-corrected chi connectivity index (χ4v) is 2.86. The third-order valence-corrected chi connectivity index (χ3v) is 4.69. The Morgan fingerprint density at radius 3 is 2.00 bits per heavy atom. The van der Waals surface area contributed by atoms with Gasteiger partial charge in [-0.3, -0.25) is 9.59 Å². The average molecular weight is 400 g/mol. The summed E-state index contributed by atoms with van der Waals surface area (Å²) in [5.74, 6) is 1.38. The predicted molar refractivity (Wildman–Crippen MR) is 112 cm³/mol. The average Bonchev–Trinajstić information content (AvgIpc) is 2.74. The number of likely N-dealkylation sites (N-methyl/N-ethyl adjacent to an activating group) is 2. The first-order chi connectivity index (χ1) is 13.9. The molecule has 1 atom stereocenters. The van der Waals surface area contributed by atoms with Crippen molar-refractivity contribution in [1.29, 1.82) is 0 Å². The van der Waals surface area contributed by atoms with Gasteiger partial charge in [-0.15, -0.1) is 0 Å². The first-order valence-electron chi connectivity index (χ1n) is 9.59. The van der Waals surface area contributed by atoms with E-state index >= 15 is 0 Å². The van der Waals surface area contributed by atoms with E-state index in [2.05, 4.69) is 5.32 Å². The SMILES string of the molecule is CC[NH+](CC(=O)Nc1ccc(OC)cc1)CC(=O)N(C)Cc1ccc(OC)cc1. The molecule has 0 aliphatic carbocycles. The van der Waals surface area contributed by atoms with Crippen molar-refractivity contribution in [2.45, 2.75) is 13.5 Å². The van der Waals surface area contributed by atoms with E-state index in [9.17, 15) is 9.59 Å². The Morgan fingerprint density at radius 2 is 1.48 bits per heavy atom. The van der Waals surface area contributed by atoms with E-state index in [1.165, 1.54) is 0 Å². The summed E-state index contributed by atoms with van der Waals surface area (Å²) in [5.41, 5.74) is 1.73. The number of nitrogens with zero attached hydrogens (tertiary/aromatic N) is 1. The van der Waals surface area contributed by atoms with Gasteiger partial charge in [0, 0.05) is 19.3 Å². The van der Waals surface area contributed by atoms with Crippen molar-refractivity contribution in [3.8, 4) is 11.5 Å². The van der Waals surface area contributed by atoms with Gasteiger partial charge in [0.15, 0.2) is 13.1 Å². The predicted octanol–water partition coefficient (Wildman–Crippen LogP) is 1.21. The van der Waals surface area contributed by atoms with Gasteiger partial charge >= 0.3 is 0 Å². The highest BCUT2D eigenvalue weighted by molar-refractivity contribution is 5.91. The van der Waals surface area contributed by atoms with Gasteiger partial charge in [-0.25, -0.2) is 0 Å². The number of amides is 2. The number of methoxy groups -OCH3 is 2. The van der Waals surface area contributed by atoms with Crippen molar-refractivity contribution in [2.24, 2.45) is 0 Å². The second kappa shape index (κ2) is 11.1. The summed E-state index contributed by atoms with van der Waals surface area (Å²) in [6, 6.07) is 14.8. The lowest BCUT2D eigenvalue weighted by Gasteiger charge is -2.22. The molecule has 0 saturated carbocycles. The number of rotatable bonds is 10. The number of carbonyl (C=O) groups is 2. The summed E-state index contributed by atoms with van der Waals surface area (Å²) in [7, 11) is 4.99. The van der Waals surface area contributed by atoms with Crippen LogP contribution in [0.15, 0.2) is 48.5 Å². The molecule has 2 rings (SSSR count). The molecule has 0 aromatic heterocycles. The van der Waals surface area contributed by atoms with Crippen molar-refractivity contribution in [3.63, 3.8) is 0 Å². The monoisotopic (exact) mass is 400 g/mol. The summed E-state index contributed by atoms with van der Waals surface area (Å²) >= 11 is 0. The van der Waals surface area contributed by atoms with Crippen LogP contribution in [0.25, 0.3) is 0 Å². The number of carbonyl (C=O) groups excluding carboxylic acids is 2. The number of hydrogen-bond donors (Lipinski definition) is 2. The fraction of sp³-hybridized carbons (Fsp3) is 0.364. The lowest BCUT2D eigenvalue weighted by Crippen LogP contribution is -3.13. The smallest absolute Gasteiger partial charge is 0.279 e. The van der Waals surface area contributed by atoms with Gasteiger partial charge < -0.3 is 24.6 Å². The van der Waals surface area contributed by atoms with Crippen LogP contribution in [0, 0.1) is 0 Å². The van der Waals surface area contributed by atoms with Crippen LogP contribution in [0.4, 0.5) is 5.69 Å². The first kappa shape index (κ1) is 22.2. The summed E-state index contributed by atoms with van der Waals surface area (Å²) in [6.45, 7) is 3.65. The van der Waals surface area contributed by atoms with Crippen LogP contribution >= 0.6 is 0 Å². The largest absolute Gasteiger partial charge is 0.497 e. The lowest BCUT2D eigenvalue weighted by atomic mass is 10.2. The van der Waals surface area contributed by atoms with Gasteiger partial charge in [-0.05, 0) is 48.9 Å². The van der Waals surface area contributed by atoms with Crippen molar-refractivity contribution < 1.29 is 24.0 Å². The van der Waals surface area contributed by atoms with Gasteiger partial charge in [-0.1, -0.05) is 12.1 Å². The Labute approximate surface area is 172 Å². The van der Waals surface area contributed by atoms with Crippen molar-refractivity contribution >= 4 is 17.5 Å². The molecule has 29 heavy (non-hydrogen) atoms. The van der Waals surface area contributed by atoms with E-state index in [1.807, 2.05) is 31.2 Å². The highest BCUT2D eigenvalue weighted by Crippen LogP contribution is 2.14. The molecule has 7 heteroatoms. The van der Waals surface area contributed by atoms with Crippen LogP contribution in [-0.2, 0) is 16.1 Å². The van der Waals surface area contributed by atoms with Gasteiger partial charge in [-0.2, -0.15) is 0 Å². The molecule has 156 valence electrons. The van der Waals surface area contributed by atoms with Crippen LogP contribution in [0.5, 0.6) is 11.5 Å². The van der Waals surface area contributed by atoms with Gasteiger partial charge in [0.1, 0.15) is 11.5 Å². The number of benzene rings is 2. The second-order valence-electron chi connectivity index (χ2n) is 6.83. The molecule has 0 bridgehead atoms. The second-order valence-corrected chi connectivity index (χ2v) is 6.83. The maximum atomic E-state index is 12.6. The molecule has 7 nitrogen and oxygen atoms in total. The molecule has 2 amide bonds. The zero-order valence-corrected chi connectivity index (χ0v) is 17.5. The zero-order chi connectivity index (χ0) is 21.2. The van der Waals surface area contributed by atoms with E-state index in [1.54, 1.807) is 50.4 Å². The van der Waals surface area contributed by atoms with Crippen LogP contribution in [-0.4, -0.2) is 57.6 Å². The van der Waals surface area contributed by atoms with Crippen molar-refractivity contribution in [1.82, 2.24) is 4.90 Å². The molecular weight excluding hydrogens is 370 g/mol. The summed E-state index contributed by atoms with van der Waals surface area (Å²) in [4.78, 5) is 27.5. The lowest BCUT2D eigenvalue weighted by molar-refractivity contribution is -0.882. The third-order valence-electron chi connectivity index (χ3n) is 4.69. The highest BCUT2D eigenvalue weighted by Gasteiger charge is 2.19. The van der Waals surface area contributed by atoms with Gasteiger partial charge in [0.2, 0.25) is 0 Å². The quantitative estimate of drug-likeness (QED) is 0.629. The van der Waals surface area contributed by atoms with Crippen LogP contribution < -0.4 is 19.7 Å². The van der Waals surface area contributed by atoms with Crippen LogP contribution in [0.3, 0.4) is 0 Å². The molecule has 2 N–H and O–H groups in total. The minimum atomic E-state index is -0.127. The molecule has 0 spiro atoms. The molecule has 0 heterocycles. The van der Waals surface area contributed by atoms with E-state index in [0.29, 0.717) is 18.8 Å². The topological polar surface area (TPSA) is 72.3 Å². The molecule has 2 aromatic rings. The molecule has 0 aliphatic heterocycles. The molecular formula is C22H30N3O4+. The van der Waals surface area contributed by atoms with Crippen LogP contribution in [0.1, 0.15) is 12.5 Å². The Bertz CT molecular complexity index is 791. The number of ether oxygens (including phenoxy) is 2. The van der Waals surface area contributed by atoms with Crippen molar-refractivity contribution in [2.75, 3.05) is 46.2 Å². The number of quaternary nitrogens is 1. The zero-order valence-electron chi connectivity index (χ0n) is 17.5. The molecule has 0 saturated heterocycles.